The number of hydrogen-bond acceptors (Lipinski definition) is 5. The molecule has 0 aliphatic rings. The van der Waals surface area contributed by atoms with Crippen molar-refractivity contribution in [2.45, 2.75) is 0 Å². The van der Waals surface area contributed by atoms with Gasteiger partial charge < -0.3 is 21.1 Å². The molecule has 0 spiro atoms. The van der Waals surface area contributed by atoms with Crippen LogP contribution in [-0.2, 0) is 0 Å². The lowest BCUT2D eigenvalue weighted by Crippen LogP contribution is -2.19. The van der Waals surface area contributed by atoms with Crippen molar-refractivity contribution in [2.75, 3.05) is 16.0 Å². The van der Waals surface area contributed by atoms with Crippen molar-refractivity contribution < 1.29 is 19.6 Å². The minimum atomic E-state index is -1.16. The summed E-state index contributed by atoms with van der Waals surface area (Å²) in [6.07, 6.45) is 0. The van der Waals surface area contributed by atoms with E-state index in [2.05, 4.69) is 31.9 Å². The Balaban J connectivity index is 1.62. The summed E-state index contributed by atoms with van der Waals surface area (Å²) in [5.41, 5.74) is 1.63. The molecule has 0 atom stereocenters. The van der Waals surface area contributed by atoms with Crippen molar-refractivity contribution in [3.8, 4) is 0 Å². The number of nitro benzene ring substituents is 1. The number of carbonyl (C=O) groups excluding carboxylic acids is 1. The number of amides is 1. The lowest BCUT2D eigenvalue weighted by Gasteiger charge is -2.12. The van der Waals surface area contributed by atoms with Crippen molar-refractivity contribution in [3.05, 3.63) is 92.4 Å². The van der Waals surface area contributed by atoms with Crippen molar-refractivity contribution >= 4 is 67.9 Å². The molecule has 0 unspecified atom stereocenters. The van der Waals surface area contributed by atoms with Crippen LogP contribution in [0.5, 0.6) is 0 Å². The second kappa shape index (κ2) is 9.98. The van der Waals surface area contributed by atoms with Gasteiger partial charge in [-0.1, -0.05) is 15.9 Å². The van der Waals surface area contributed by atoms with Crippen LogP contribution in [0.25, 0.3) is 0 Å². The molecule has 9 nitrogen and oxygen atoms in total. The molecule has 0 fully saturated rings. The summed E-state index contributed by atoms with van der Waals surface area (Å²) < 4.78 is 0.585. The maximum Gasteiger partial charge on any atom is 0.337 e. The molecule has 11 heteroatoms. The van der Waals surface area contributed by atoms with E-state index in [1.807, 2.05) is 0 Å². The van der Waals surface area contributed by atoms with Crippen LogP contribution in [0.4, 0.5) is 22.7 Å². The van der Waals surface area contributed by atoms with Crippen LogP contribution >= 0.6 is 28.1 Å². The van der Waals surface area contributed by atoms with Crippen molar-refractivity contribution in [3.63, 3.8) is 0 Å². The highest BCUT2D eigenvalue weighted by atomic mass is 79.9. The zero-order valence-corrected chi connectivity index (χ0v) is 18.6. The molecule has 0 saturated carbocycles. The molecule has 0 aliphatic heterocycles. The Bertz CT molecular complexity index is 1200. The van der Waals surface area contributed by atoms with Crippen LogP contribution < -0.4 is 16.0 Å². The van der Waals surface area contributed by atoms with Crippen LogP contribution in [-0.4, -0.2) is 27.0 Å². The summed E-state index contributed by atoms with van der Waals surface area (Å²) >= 11 is 8.44. The summed E-state index contributed by atoms with van der Waals surface area (Å²) in [5.74, 6) is -1.62. The monoisotopic (exact) mass is 514 g/mol. The predicted octanol–water partition coefficient (Wildman–Crippen LogP) is 5.12. The third-order valence-corrected chi connectivity index (χ3v) is 4.90. The van der Waals surface area contributed by atoms with E-state index in [1.165, 1.54) is 36.4 Å². The first-order valence-corrected chi connectivity index (χ1v) is 10.2. The fourth-order valence-corrected chi connectivity index (χ4v) is 3.26. The topological polar surface area (TPSA) is 134 Å². The number of carboxylic acid groups (broad SMARTS) is 1. The number of carbonyl (C=O) groups is 2. The first kappa shape index (κ1) is 22.8. The molecule has 4 N–H and O–H groups in total. The Hall–Kier alpha value is -3.83. The summed E-state index contributed by atoms with van der Waals surface area (Å²) in [6.45, 7) is 0. The Morgan fingerprint density at radius 1 is 0.906 bits per heavy atom. The van der Waals surface area contributed by atoms with Crippen molar-refractivity contribution in [1.29, 1.82) is 0 Å². The number of nitrogens with one attached hydrogen (secondary N) is 3. The van der Waals surface area contributed by atoms with Crippen molar-refractivity contribution in [2.24, 2.45) is 0 Å². The van der Waals surface area contributed by atoms with Gasteiger partial charge in [-0.2, -0.15) is 0 Å². The quantitative estimate of drug-likeness (QED) is 0.202. The molecule has 32 heavy (non-hydrogen) atoms. The zero-order chi connectivity index (χ0) is 23.3. The van der Waals surface area contributed by atoms with E-state index in [1.54, 1.807) is 30.3 Å². The van der Waals surface area contributed by atoms with Gasteiger partial charge in [0.1, 0.15) is 0 Å². The average molecular weight is 515 g/mol. The fraction of sp³-hybridized carbons (Fsp3) is 0. The molecular formula is C21H15BrN4O5S. The Labute approximate surface area is 195 Å². The molecule has 0 heterocycles. The van der Waals surface area contributed by atoms with Gasteiger partial charge in [0.25, 0.3) is 11.6 Å². The van der Waals surface area contributed by atoms with E-state index < -0.39 is 16.8 Å². The van der Waals surface area contributed by atoms with E-state index in [4.69, 9.17) is 12.2 Å². The van der Waals surface area contributed by atoms with E-state index >= 15 is 0 Å². The van der Waals surface area contributed by atoms with E-state index in [9.17, 15) is 24.8 Å². The number of rotatable bonds is 6. The maximum atomic E-state index is 12.5. The lowest BCUT2D eigenvalue weighted by atomic mass is 10.1. The molecule has 0 bridgehead atoms. The summed E-state index contributed by atoms with van der Waals surface area (Å²) in [7, 11) is 0. The van der Waals surface area contributed by atoms with Gasteiger partial charge >= 0.3 is 5.97 Å². The standard InChI is InChI=1S/C21H15BrN4O5S/c22-13-3-10-18(17(11-13)20(28)29)25-19(27)12-1-4-14(5-2-12)23-21(32)24-15-6-8-16(9-7-15)26(30)31/h1-11H,(H,25,27)(H,28,29)(H2,23,24,32). The molecule has 3 aromatic carbocycles. The number of non-ortho nitro benzene ring substituents is 1. The Morgan fingerprint density at radius 2 is 1.47 bits per heavy atom. The van der Waals surface area contributed by atoms with Crippen molar-refractivity contribution in [1.82, 2.24) is 0 Å². The summed E-state index contributed by atoms with van der Waals surface area (Å²) in [5, 5.41) is 28.7. The number of halogens is 1. The molecular weight excluding hydrogens is 500 g/mol. The normalized spacial score (nSPS) is 10.2. The van der Waals surface area contributed by atoms with Gasteiger partial charge in [0.2, 0.25) is 0 Å². The molecule has 162 valence electrons. The third kappa shape index (κ3) is 5.86. The first-order valence-electron chi connectivity index (χ1n) is 8.99. The number of aromatic carboxylic acids is 1. The molecule has 0 aliphatic carbocycles. The molecule has 0 radical (unpaired) electrons. The largest absolute Gasteiger partial charge is 0.478 e. The number of thiocarbonyl (C=S) groups is 1. The average Bonchev–Trinajstić information content (AvgIpc) is 2.75. The predicted molar refractivity (Wildman–Crippen MR) is 128 cm³/mol. The van der Waals surface area contributed by atoms with E-state index in [-0.39, 0.29) is 22.1 Å². The van der Waals surface area contributed by atoms with Gasteiger partial charge in [-0.15, -0.1) is 0 Å². The first-order chi connectivity index (χ1) is 15.2. The molecule has 3 rings (SSSR count). The highest BCUT2D eigenvalue weighted by molar-refractivity contribution is 9.10. The van der Waals surface area contributed by atoms with Gasteiger partial charge in [-0.05, 0) is 66.8 Å². The fourth-order valence-electron chi connectivity index (χ4n) is 2.66. The van der Waals surface area contributed by atoms with Crippen LogP contribution in [0.3, 0.4) is 0 Å². The number of anilines is 3. The van der Waals surface area contributed by atoms with Gasteiger partial charge in [-0.25, -0.2) is 4.79 Å². The van der Waals surface area contributed by atoms with Gasteiger partial charge in [0, 0.05) is 33.5 Å². The highest BCUT2D eigenvalue weighted by Gasteiger charge is 2.14. The summed E-state index contributed by atoms with van der Waals surface area (Å²) in [6, 6.07) is 16.7. The molecule has 1 amide bonds. The van der Waals surface area contributed by atoms with Crippen LogP contribution in [0.2, 0.25) is 0 Å². The SMILES string of the molecule is O=C(Nc1ccc(Br)cc1C(=O)O)c1ccc(NC(=S)Nc2ccc([N+](=O)[O-])cc2)cc1. The smallest absolute Gasteiger partial charge is 0.337 e. The highest BCUT2D eigenvalue weighted by Crippen LogP contribution is 2.22. The second-order valence-electron chi connectivity index (χ2n) is 6.41. The third-order valence-electron chi connectivity index (χ3n) is 4.20. The minimum absolute atomic E-state index is 0.0260. The maximum absolute atomic E-state index is 12.5. The van der Waals surface area contributed by atoms with Gasteiger partial charge in [0.15, 0.2) is 5.11 Å². The molecule has 0 saturated heterocycles. The van der Waals surface area contributed by atoms with Gasteiger partial charge in [-0.3, -0.25) is 14.9 Å². The Morgan fingerprint density at radius 3 is 2.00 bits per heavy atom. The molecule has 0 aromatic heterocycles. The van der Waals surface area contributed by atoms with Crippen LogP contribution in [0, 0.1) is 10.1 Å². The van der Waals surface area contributed by atoms with Gasteiger partial charge in [0.05, 0.1) is 16.2 Å². The number of benzene rings is 3. The van der Waals surface area contributed by atoms with Crippen LogP contribution in [0.15, 0.2) is 71.2 Å². The minimum Gasteiger partial charge on any atom is -0.478 e. The lowest BCUT2D eigenvalue weighted by molar-refractivity contribution is -0.384. The van der Waals surface area contributed by atoms with E-state index in [0.29, 0.717) is 21.4 Å². The summed E-state index contributed by atoms with van der Waals surface area (Å²) in [4.78, 5) is 34.1. The number of nitro groups is 1. The number of nitrogens with zero attached hydrogens (tertiary/aromatic N) is 1. The van der Waals surface area contributed by atoms with E-state index in [0.717, 1.165) is 0 Å². The number of carboxylic acids is 1. The number of hydrogen-bond donors (Lipinski definition) is 4. The Kier molecular flexibility index (Phi) is 7.13. The van der Waals surface area contributed by atoms with Crippen LogP contribution in [0.1, 0.15) is 20.7 Å². The zero-order valence-electron chi connectivity index (χ0n) is 16.2. The molecule has 3 aromatic rings. The second-order valence-corrected chi connectivity index (χ2v) is 7.73.